The number of hydrogen-bond donors (Lipinski definition) is 1. The van der Waals surface area contributed by atoms with Gasteiger partial charge in [-0.3, -0.25) is 9.48 Å². The third kappa shape index (κ3) is 3.42. The van der Waals surface area contributed by atoms with Crippen LogP contribution in [0.2, 0.25) is 0 Å². The average Bonchev–Trinajstić information content (AvgIpc) is 3.02. The summed E-state index contributed by atoms with van der Waals surface area (Å²) < 4.78 is 34.7. The van der Waals surface area contributed by atoms with Gasteiger partial charge in [0.15, 0.2) is 0 Å². The Kier molecular flexibility index (Phi) is 4.85. The van der Waals surface area contributed by atoms with Crippen LogP contribution < -0.4 is 5.32 Å². The van der Waals surface area contributed by atoms with Gasteiger partial charge in [-0.15, -0.1) is 0 Å². The maximum absolute atomic E-state index is 14.4. The number of halogens is 2. The quantitative estimate of drug-likeness (QED) is 0.923. The molecule has 25 heavy (non-hydrogen) atoms. The number of carbonyl (C=O) groups is 1. The topological polar surface area (TPSA) is 56.1 Å². The zero-order chi connectivity index (χ0) is 18.0. The summed E-state index contributed by atoms with van der Waals surface area (Å²) in [5.41, 5.74) is 0.0118. The van der Waals surface area contributed by atoms with Crippen molar-refractivity contribution in [1.82, 2.24) is 15.1 Å². The summed E-state index contributed by atoms with van der Waals surface area (Å²) in [6, 6.07) is 3.10. The number of nitrogens with one attached hydrogen (secondary N) is 1. The molecule has 1 N–H and O–H groups in total. The lowest BCUT2D eigenvalue weighted by atomic mass is 9.73. The lowest BCUT2D eigenvalue weighted by Crippen LogP contribution is -2.49. The van der Waals surface area contributed by atoms with Gasteiger partial charge in [-0.2, -0.15) is 5.10 Å². The van der Waals surface area contributed by atoms with Crippen molar-refractivity contribution in [2.75, 3.05) is 13.2 Å². The summed E-state index contributed by atoms with van der Waals surface area (Å²) in [6.07, 6.45) is 4.20. The number of ether oxygens (including phenoxy) is 1. The summed E-state index contributed by atoms with van der Waals surface area (Å²) in [6.45, 7) is 2.56. The van der Waals surface area contributed by atoms with Gasteiger partial charge in [-0.1, -0.05) is 6.07 Å². The van der Waals surface area contributed by atoms with E-state index >= 15 is 0 Å². The summed E-state index contributed by atoms with van der Waals surface area (Å²) in [5, 5.41) is 7.05. The maximum atomic E-state index is 14.4. The second-order valence-corrected chi connectivity index (χ2v) is 6.46. The normalized spacial score (nSPS) is 17.9. The molecule has 1 atom stereocenters. The zero-order valence-electron chi connectivity index (χ0n) is 14.3. The lowest BCUT2D eigenvalue weighted by Gasteiger charge is -2.37. The molecule has 0 aliphatic carbocycles. The summed E-state index contributed by atoms with van der Waals surface area (Å²) in [5.74, 6) is -1.64. The summed E-state index contributed by atoms with van der Waals surface area (Å²) >= 11 is 0. The highest BCUT2D eigenvalue weighted by molar-refractivity contribution is 5.88. The first-order valence-electron chi connectivity index (χ1n) is 8.25. The highest BCUT2D eigenvalue weighted by Crippen LogP contribution is 2.37. The first-order chi connectivity index (χ1) is 11.9. The van der Waals surface area contributed by atoms with E-state index in [0.29, 0.717) is 26.1 Å². The van der Waals surface area contributed by atoms with Crippen LogP contribution in [0.4, 0.5) is 8.78 Å². The Bertz CT molecular complexity index is 769. The Morgan fingerprint density at radius 2 is 2.08 bits per heavy atom. The van der Waals surface area contributed by atoms with Crippen LogP contribution in [-0.4, -0.2) is 28.9 Å². The molecule has 1 amide bonds. The highest BCUT2D eigenvalue weighted by atomic mass is 19.1. The highest BCUT2D eigenvalue weighted by Gasteiger charge is 2.44. The van der Waals surface area contributed by atoms with Crippen LogP contribution in [0.1, 0.15) is 36.9 Å². The largest absolute Gasteiger partial charge is 0.381 e. The van der Waals surface area contributed by atoms with Crippen molar-refractivity contribution in [2.24, 2.45) is 7.05 Å². The van der Waals surface area contributed by atoms with Crippen molar-refractivity contribution in [3.8, 4) is 0 Å². The van der Waals surface area contributed by atoms with E-state index in [4.69, 9.17) is 4.74 Å². The minimum Gasteiger partial charge on any atom is -0.381 e. The molecule has 1 aliphatic heterocycles. The fraction of sp³-hybridized carbons (Fsp3) is 0.444. The number of benzene rings is 1. The zero-order valence-corrected chi connectivity index (χ0v) is 14.3. The van der Waals surface area contributed by atoms with E-state index in [1.165, 1.54) is 12.1 Å². The Morgan fingerprint density at radius 1 is 1.36 bits per heavy atom. The van der Waals surface area contributed by atoms with Gasteiger partial charge in [-0.05, 0) is 25.8 Å². The maximum Gasteiger partial charge on any atom is 0.231 e. The number of rotatable bonds is 4. The van der Waals surface area contributed by atoms with Gasteiger partial charge in [-0.25, -0.2) is 8.78 Å². The van der Waals surface area contributed by atoms with E-state index in [1.54, 1.807) is 17.9 Å². The van der Waals surface area contributed by atoms with Crippen molar-refractivity contribution < 1.29 is 18.3 Å². The molecule has 0 saturated carbocycles. The Balaban J connectivity index is 1.90. The van der Waals surface area contributed by atoms with Crippen molar-refractivity contribution >= 4 is 5.91 Å². The Morgan fingerprint density at radius 3 is 2.68 bits per heavy atom. The van der Waals surface area contributed by atoms with E-state index in [2.05, 4.69) is 10.4 Å². The second kappa shape index (κ2) is 6.92. The predicted molar refractivity (Wildman–Crippen MR) is 87.9 cm³/mol. The van der Waals surface area contributed by atoms with Crippen LogP contribution in [0.3, 0.4) is 0 Å². The van der Waals surface area contributed by atoms with Crippen LogP contribution in [0.25, 0.3) is 0 Å². The van der Waals surface area contributed by atoms with E-state index < -0.39 is 17.0 Å². The minimum absolute atomic E-state index is 0.216. The smallest absolute Gasteiger partial charge is 0.231 e. The summed E-state index contributed by atoms with van der Waals surface area (Å²) in [4.78, 5) is 13.1. The molecule has 0 unspecified atom stereocenters. The van der Waals surface area contributed by atoms with Gasteiger partial charge in [0.25, 0.3) is 0 Å². The molecule has 1 saturated heterocycles. The van der Waals surface area contributed by atoms with Gasteiger partial charge in [0.1, 0.15) is 11.6 Å². The molecule has 3 rings (SSSR count). The standard InChI is InChI=1S/C18H21F2N3O2/c1-12(13-10-21-23(2)11-13)22-17(24)18(5-7-25-8-6-18)15-4-3-14(19)9-16(15)20/h3-4,9-12H,5-8H2,1-2H3,(H,22,24)/t12-/m0/s1. The average molecular weight is 349 g/mol. The monoisotopic (exact) mass is 349 g/mol. The Hall–Kier alpha value is -2.28. The lowest BCUT2D eigenvalue weighted by molar-refractivity contribution is -0.131. The molecule has 0 bridgehead atoms. The van der Waals surface area contributed by atoms with E-state index in [0.717, 1.165) is 11.6 Å². The molecule has 1 aromatic carbocycles. The van der Waals surface area contributed by atoms with Crippen molar-refractivity contribution in [1.29, 1.82) is 0 Å². The molecule has 1 aliphatic rings. The fourth-order valence-corrected chi connectivity index (χ4v) is 3.30. The molecule has 5 nitrogen and oxygen atoms in total. The molecule has 2 heterocycles. The number of amides is 1. The molecule has 7 heteroatoms. The molecule has 0 radical (unpaired) electrons. The number of aryl methyl sites for hydroxylation is 1. The van der Waals surface area contributed by atoms with Crippen LogP contribution in [0.15, 0.2) is 30.6 Å². The van der Waals surface area contributed by atoms with Crippen molar-refractivity contribution in [3.05, 3.63) is 53.4 Å². The van der Waals surface area contributed by atoms with E-state index in [-0.39, 0.29) is 17.5 Å². The first kappa shape index (κ1) is 17.5. The molecule has 2 aromatic rings. The van der Waals surface area contributed by atoms with E-state index in [9.17, 15) is 13.6 Å². The second-order valence-electron chi connectivity index (χ2n) is 6.46. The molecule has 134 valence electrons. The summed E-state index contributed by atoms with van der Waals surface area (Å²) in [7, 11) is 1.80. The van der Waals surface area contributed by atoms with Crippen LogP contribution >= 0.6 is 0 Å². The van der Waals surface area contributed by atoms with Crippen LogP contribution in [0, 0.1) is 11.6 Å². The molecule has 0 spiro atoms. The minimum atomic E-state index is -1.06. The molecular formula is C18H21F2N3O2. The van der Waals surface area contributed by atoms with Gasteiger partial charge in [0.2, 0.25) is 5.91 Å². The fourth-order valence-electron chi connectivity index (χ4n) is 3.30. The van der Waals surface area contributed by atoms with Gasteiger partial charge in [0.05, 0.1) is 17.7 Å². The first-order valence-corrected chi connectivity index (χ1v) is 8.25. The third-order valence-corrected chi connectivity index (χ3v) is 4.80. The molecular weight excluding hydrogens is 328 g/mol. The number of carbonyl (C=O) groups excluding carboxylic acids is 1. The predicted octanol–water partition coefficient (Wildman–Crippen LogP) is 2.62. The SMILES string of the molecule is C[C@H](NC(=O)C1(c2ccc(F)cc2F)CCOCC1)c1cnn(C)c1. The van der Waals surface area contributed by atoms with Crippen LogP contribution in [-0.2, 0) is 22.0 Å². The number of nitrogens with zero attached hydrogens (tertiary/aromatic N) is 2. The van der Waals surface area contributed by atoms with Gasteiger partial charge < -0.3 is 10.1 Å². The van der Waals surface area contributed by atoms with E-state index in [1.807, 2.05) is 13.1 Å². The van der Waals surface area contributed by atoms with Crippen LogP contribution in [0.5, 0.6) is 0 Å². The third-order valence-electron chi connectivity index (χ3n) is 4.80. The van der Waals surface area contributed by atoms with Gasteiger partial charge >= 0.3 is 0 Å². The number of hydrogen-bond acceptors (Lipinski definition) is 3. The van der Waals surface area contributed by atoms with Gasteiger partial charge in [0, 0.05) is 43.7 Å². The number of aromatic nitrogens is 2. The van der Waals surface area contributed by atoms with Crippen molar-refractivity contribution in [3.63, 3.8) is 0 Å². The van der Waals surface area contributed by atoms with Crippen molar-refractivity contribution in [2.45, 2.75) is 31.2 Å². The Labute approximate surface area is 145 Å². The molecule has 1 fully saturated rings. The molecule has 1 aromatic heterocycles.